The molecule has 4 heterocycles. The van der Waals surface area contributed by atoms with Crippen LogP contribution in [0.1, 0.15) is 15.9 Å². The van der Waals surface area contributed by atoms with Crippen molar-refractivity contribution in [2.24, 2.45) is 7.05 Å². The van der Waals surface area contributed by atoms with E-state index >= 15 is 0 Å². The number of amides is 2. The number of carbonyl (C=O) groups is 2. The fraction of sp³-hybridized carbons (Fsp3) is 0.273. The molecule has 13 heteroatoms. The monoisotopic (exact) mass is 479 g/mol. The normalized spacial score (nSPS) is 13.9. The van der Waals surface area contributed by atoms with Crippen molar-refractivity contribution in [3.63, 3.8) is 0 Å². The number of aryl methyl sites for hydroxylation is 1. The van der Waals surface area contributed by atoms with Crippen LogP contribution in [0, 0.1) is 5.82 Å². The third-order valence-corrected chi connectivity index (χ3v) is 5.71. The first-order valence-corrected chi connectivity index (χ1v) is 10.9. The lowest BCUT2D eigenvalue weighted by Gasteiger charge is -2.33. The number of benzene rings is 1. The number of hydrogen-bond acceptors (Lipinski definition) is 7. The summed E-state index contributed by atoms with van der Waals surface area (Å²) in [7, 11) is 1.80. The van der Waals surface area contributed by atoms with E-state index in [1.807, 2.05) is 0 Å². The van der Waals surface area contributed by atoms with Crippen molar-refractivity contribution < 1.29 is 19.1 Å². The van der Waals surface area contributed by atoms with Gasteiger partial charge in [-0.15, -0.1) is 0 Å². The SMILES string of the molecule is Cn1cc(Nc2ncc3cnn(Cc4cc(F)cc(C(=O)N5CCN(C(=O)O)CC5)c4)c3n2)cn1. The molecule has 0 aliphatic carbocycles. The highest BCUT2D eigenvalue weighted by Crippen LogP contribution is 2.19. The molecule has 1 aromatic carbocycles. The van der Waals surface area contributed by atoms with E-state index in [-0.39, 0.29) is 44.2 Å². The summed E-state index contributed by atoms with van der Waals surface area (Å²) < 4.78 is 17.7. The number of anilines is 2. The Kier molecular flexibility index (Phi) is 5.73. The molecule has 1 saturated heterocycles. The Morgan fingerprint density at radius 2 is 1.83 bits per heavy atom. The lowest BCUT2D eigenvalue weighted by Crippen LogP contribution is -2.50. The average Bonchev–Trinajstić information content (AvgIpc) is 3.43. The molecule has 1 aliphatic heterocycles. The number of nitrogens with zero attached hydrogens (tertiary/aromatic N) is 8. The molecule has 4 aromatic rings. The molecule has 0 saturated carbocycles. The molecule has 0 radical (unpaired) electrons. The van der Waals surface area contributed by atoms with Gasteiger partial charge in [0, 0.05) is 51.2 Å². The minimum absolute atomic E-state index is 0.192. The van der Waals surface area contributed by atoms with Gasteiger partial charge in [-0.3, -0.25) is 9.48 Å². The molecular weight excluding hydrogens is 457 g/mol. The molecule has 2 amide bonds. The lowest BCUT2D eigenvalue weighted by molar-refractivity contribution is 0.0624. The Hall–Kier alpha value is -4.55. The first-order valence-electron chi connectivity index (χ1n) is 10.9. The van der Waals surface area contributed by atoms with E-state index in [9.17, 15) is 14.0 Å². The zero-order chi connectivity index (χ0) is 24.5. The second-order valence-corrected chi connectivity index (χ2v) is 8.21. The molecular formula is C22H22FN9O3. The standard InChI is InChI=1S/C22H22FN9O3/c1-29-13-18(11-25-29)27-21-24-9-16-10-26-32(19(16)28-21)12-14-6-15(8-17(23)7-14)20(33)30-2-4-31(5-3-30)22(34)35/h6-11,13H,2-5,12H2,1H3,(H,34,35)(H,24,27,28). The van der Waals surface area contributed by atoms with Crippen molar-refractivity contribution in [2.45, 2.75) is 6.54 Å². The van der Waals surface area contributed by atoms with E-state index in [2.05, 4.69) is 25.5 Å². The van der Waals surface area contributed by atoms with Crippen LogP contribution >= 0.6 is 0 Å². The van der Waals surface area contributed by atoms with E-state index in [4.69, 9.17) is 5.11 Å². The third-order valence-electron chi connectivity index (χ3n) is 5.71. The number of nitrogens with one attached hydrogen (secondary N) is 1. The van der Waals surface area contributed by atoms with Gasteiger partial charge in [-0.05, 0) is 23.8 Å². The van der Waals surface area contributed by atoms with E-state index in [0.717, 1.165) is 5.69 Å². The summed E-state index contributed by atoms with van der Waals surface area (Å²) in [6.07, 6.45) is 5.69. The predicted molar refractivity (Wildman–Crippen MR) is 123 cm³/mol. The maximum Gasteiger partial charge on any atom is 0.407 e. The van der Waals surface area contributed by atoms with Crippen molar-refractivity contribution in [2.75, 3.05) is 31.5 Å². The highest BCUT2D eigenvalue weighted by molar-refractivity contribution is 5.94. The molecule has 35 heavy (non-hydrogen) atoms. The molecule has 180 valence electrons. The van der Waals surface area contributed by atoms with Crippen molar-refractivity contribution in [1.29, 1.82) is 0 Å². The molecule has 0 bridgehead atoms. The molecule has 0 atom stereocenters. The third kappa shape index (κ3) is 4.74. The number of carboxylic acid groups (broad SMARTS) is 1. The minimum Gasteiger partial charge on any atom is -0.465 e. The number of hydrogen-bond donors (Lipinski definition) is 2. The Morgan fingerprint density at radius 1 is 1.06 bits per heavy atom. The first-order chi connectivity index (χ1) is 16.9. The lowest BCUT2D eigenvalue weighted by atomic mass is 10.1. The van der Waals surface area contributed by atoms with Crippen LogP contribution in [0.2, 0.25) is 0 Å². The van der Waals surface area contributed by atoms with Crippen LogP contribution in [0.3, 0.4) is 0 Å². The highest BCUT2D eigenvalue weighted by atomic mass is 19.1. The molecule has 3 aromatic heterocycles. The van der Waals surface area contributed by atoms with Gasteiger partial charge in [-0.1, -0.05) is 0 Å². The summed E-state index contributed by atoms with van der Waals surface area (Å²) in [6.45, 7) is 1.14. The van der Waals surface area contributed by atoms with Crippen LogP contribution in [0.25, 0.3) is 11.0 Å². The van der Waals surface area contributed by atoms with Crippen LogP contribution < -0.4 is 5.32 Å². The molecule has 0 spiro atoms. The number of carbonyl (C=O) groups excluding carboxylic acids is 1. The van der Waals surface area contributed by atoms with Crippen molar-refractivity contribution in [3.05, 3.63) is 59.9 Å². The maximum atomic E-state index is 14.4. The van der Waals surface area contributed by atoms with Crippen molar-refractivity contribution in [1.82, 2.24) is 39.3 Å². The number of rotatable bonds is 5. The smallest absolute Gasteiger partial charge is 0.407 e. The number of piperazine rings is 1. The summed E-state index contributed by atoms with van der Waals surface area (Å²) >= 11 is 0. The predicted octanol–water partition coefficient (Wildman–Crippen LogP) is 1.93. The topological polar surface area (TPSA) is 134 Å². The maximum absolute atomic E-state index is 14.4. The van der Waals surface area contributed by atoms with Gasteiger partial charge in [0.2, 0.25) is 5.95 Å². The quantitative estimate of drug-likeness (QED) is 0.443. The Bertz CT molecular complexity index is 1410. The van der Waals surface area contributed by atoms with E-state index < -0.39 is 11.9 Å². The highest BCUT2D eigenvalue weighted by Gasteiger charge is 2.25. The summed E-state index contributed by atoms with van der Waals surface area (Å²) in [5, 5.41) is 21.3. The van der Waals surface area contributed by atoms with E-state index in [1.165, 1.54) is 21.9 Å². The number of aromatic nitrogens is 6. The molecule has 5 rings (SSSR count). The molecule has 12 nitrogen and oxygen atoms in total. The average molecular weight is 479 g/mol. The van der Waals surface area contributed by atoms with Crippen molar-refractivity contribution >= 4 is 34.7 Å². The van der Waals surface area contributed by atoms with Crippen LogP contribution in [0.15, 0.2) is 43.0 Å². The molecule has 1 fully saturated rings. The summed E-state index contributed by atoms with van der Waals surface area (Å²) in [5.74, 6) is -0.519. The van der Waals surface area contributed by atoms with Crippen LogP contribution in [0.5, 0.6) is 0 Å². The zero-order valence-electron chi connectivity index (χ0n) is 18.8. The Labute approximate surface area is 198 Å². The largest absolute Gasteiger partial charge is 0.465 e. The fourth-order valence-corrected chi connectivity index (χ4v) is 3.98. The minimum atomic E-state index is -1.01. The second kappa shape index (κ2) is 9.00. The van der Waals surface area contributed by atoms with Gasteiger partial charge >= 0.3 is 6.09 Å². The molecule has 2 N–H and O–H groups in total. The summed E-state index contributed by atoms with van der Waals surface area (Å²) in [6, 6.07) is 4.16. The van der Waals surface area contributed by atoms with Crippen LogP contribution in [0.4, 0.5) is 20.8 Å². The second-order valence-electron chi connectivity index (χ2n) is 8.21. The van der Waals surface area contributed by atoms with Gasteiger partial charge in [-0.2, -0.15) is 15.2 Å². The molecule has 0 unspecified atom stereocenters. The van der Waals surface area contributed by atoms with Crippen LogP contribution in [-0.4, -0.2) is 82.6 Å². The van der Waals surface area contributed by atoms with E-state index in [1.54, 1.807) is 47.3 Å². The van der Waals surface area contributed by atoms with Gasteiger partial charge in [-0.25, -0.2) is 18.9 Å². The summed E-state index contributed by atoms with van der Waals surface area (Å²) in [4.78, 5) is 35.7. The Morgan fingerprint density at radius 3 is 2.54 bits per heavy atom. The zero-order valence-corrected chi connectivity index (χ0v) is 18.8. The van der Waals surface area contributed by atoms with Crippen molar-refractivity contribution in [3.8, 4) is 0 Å². The van der Waals surface area contributed by atoms with Crippen LogP contribution in [-0.2, 0) is 13.6 Å². The van der Waals surface area contributed by atoms with Gasteiger partial charge in [0.1, 0.15) is 5.82 Å². The summed E-state index contributed by atoms with van der Waals surface area (Å²) in [5.41, 5.74) is 2.03. The molecule has 1 aliphatic rings. The van der Waals surface area contributed by atoms with Gasteiger partial charge in [0.25, 0.3) is 5.91 Å². The Balaban J connectivity index is 1.35. The van der Waals surface area contributed by atoms with Gasteiger partial charge in [0.05, 0.1) is 30.0 Å². The van der Waals surface area contributed by atoms with E-state index in [0.29, 0.717) is 22.5 Å². The van der Waals surface area contributed by atoms with Gasteiger partial charge < -0.3 is 20.2 Å². The van der Waals surface area contributed by atoms with Gasteiger partial charge in [0.15, 0.2) is 5.65 Å². The first kappa shape index (κ1) is 22.3. The number of fused-ring (bicyclic) bond motifs is 1. The number of halogens is 1. The fourth-order valence-electron chi connectivity index (χ4n) is 3.98.